The molecule has 0 atom stereocenters. The molecule has 2 nitrogen and oxygen atoms in total. The van der Waals surface area contributed by atoms with Gasteiger partial charge in [0.15, 0.2) is 0 Å². The van der Waals surface area contributed by atoms with Crippen molar-refractivity contribution in [2.24, 2.45) is 0 Å². The van der Waals surface area contributed by atoms with Crippen LogP contribution in [-0.4, -0.2) is 20.2 Å². The maximum absolute atomic E-state index is 8.63. The van der Waals surface area contributed by atoms with E-state index in [0.717, 1.165) is 12.8 Å². The third kappa shape index (κ3) is 23.9. The molecular formula is C27H34O2SiTi-2. The fourth-order valence-electron chi connectivity index (χ4n) is 2.04. The van der Waals surface area contributed by atoms with Gasteiger partial charge < -0.3 is 10.2 Å². The molecular weight excluding hydrogens is 432 g/mol. The Balaban J connectivity index is 0.000000365. The van der Waals surface area contributed by atoms with Crippen molar-refractivity contribution in [1.29, 1.82) is 0 Å². The zero-order valence-corrected chi connectivity index (χ0v) is 21.6. The van der Waals surface area contributed by atoms with Gasteiger partial charge in [0.25, 0.3) is 0 Å². The number of phenolic OH excluding ortho intramolecular Hbond substituents is 2. The van der Waals surface area contributed by atoms with E-state index < -0.39 is 0 Å². The molecule has 31 heavy (non-hydrogen) atoms. The first kappa shape index (κ1) is 28.8. The summed E-state index contributed by atoms with van der Waals surface area (Å²) in [5.41, 5.74) is 0. The van der Waals surface area contributed by atoms with Gasteiger partial charge in [-0.25, -0.2) is 24.3 Å². The van der Waals surface area contributed by atoms with Crippen LogP contribution in [0.2, 0.25) is 13.1 Å². The minimum atomic E-state index is 0.154. The Morgan fingerprint density at radius 2 is 1.13 bits per heavy atom. The number of rotatable bonds is 0. The van der Waals surface area contributed by atoms with Gasteiger partial charge in [0.05, 0.1) is 0 Å². The van der Waals surface area contributed by atoms with Gasteiger partial charge in [-0.2, -0.15) is 12.2 Å². The summed E-state index contributed by atoms with van der Waals surface area (Å²) >= 11 is 0.407. The SMILES string of the molecule is C[C](C)=[Ti]=[Si](C)C.Oc1ccccc1.Oc1ccccc1.[C-]1=CC=CC1.[C-]1=CC=CC1. The Morgan fingerprint density at radius 3 is 1.23 bits per heavy atom. The molecule has 0 unspecified atom stereocenters. The van der Waals surface area contributed by atoms with Crippen molar-refractivity contribution in [3.05, 3.63) is 109 Å². The van der Waals surface area contributed by atoms with Crippen LogP contribution in [0.25, 0.3) is 0 Å². The Kier molecular flexibility index (Phi) is 19.6. The molecule has 0 saturated carbocycles. The van der Waals surface area contributed by atoms with E-state index in [4.69, 9.17) is 10.2 Å². The van der Waals surface area contributed by atoms with Crippen LogP contribution in [-0.2, 0) is 17.4 Å². The Labute approximate surface area is 197 Å². The molecule has 0 bridgehead atoms. The summed E-state index contributed by atoms with van der Waals surface area (Å²) in [5.74, 6) is 0.644. The summed E-state index contributed by atoms with van der Waals surface area (Å²) < 4.78 is 1.71. The summed E-state index contributed by atoms with van der Waals surface area (Å²) in [7, 11) is 0. The summed E-state index contributed by atoms with van der Waals surface area (Å²) in [4.78, 5) is 0. The maximum Gasteiger partial charge on any atom is 0.115 e. The van der Waals surface area contributed by atoms with Gasteiger partial charge in [-0.05, 0) is 24.3 Å². The molecule has 2 aromatic rings. The molecule has 0 heterocycles. The van der Waals surface area contributed by atoms with E-state index in [2.05, 4.69) is 51.2 Å². The molecule has 0 radical (unpaired) electrons. The number of allylic oxidation sites excluding steroid dienone is 8. The van der Waals surface area contributed by atoms with E-state index in [1.807, 2.05) is 36.4 Å². The van der Waals surface area contributed by atoms with Gasteiger partial charge >= 0.3 is 54.4 Å². The third-order valence-electron chi connectivity index (χ3n) is 3.18. The standard InChI is InChI=1S/2C6H6O.2C5H5.C3H6.C2H6Si.Ti/c2*7-6-4-2-1-3-5-6;2*1-2-4-5-3-1;2*1-3-2;/h2*1-5,7H;2*1-3H,4H2;2*1-2H3;/q;;2*-1;;;. The molecule has 0 saturated heterocycles. The normalized spacial score (nSPS) is 11.2. The third-order valence-corrected chi connectivity index (χ3v) is 8.87. The van der Waals surface area contributed by atoms with Gasteiger partial charge in [0.1, 0.15) is 11.5 Å². The molecule has 0 spiro atoms. The van der Waals surface area contributed by atoms with Crippen LogP contribution in [0, 0.1) is 12.2 Å². The van der Waals surface area contributed by atoms with Crippen molar-refractivity contribution in [2.75, 3.05) is 0 Å². The van der Waals surface area contributed by atoms with Gasteiger partial charge in [0.2, 0.25) is 0 Å². The topological polar surface area (TPSA) is 40.5 Å². The Hall–Kier alpha value is -2.20. The second-order valence-electron chi connectivity index (χ2n) is 6.80. The minimum absolute atomic E-state index is 0.154. The number of aromatic hydroxyl groups is 2. The average Bonchev–Trinajstić information content (AvgIpc) is 3.48. The summed E-state index contributed by atoms with van der Waals surface area (Å²) in [6.07, 6.45) is 20.2. The number of hydrogen-bond donors (Lipinski definition) is 2. The second kappa shape index (κ2) is 21.0. The molecule has 2 aliphatic carbocycles. The van der Waals surface area contributed by atoms with Crippen molar-refractivity contribution >= 4 is 10.00 Å². The van der Waals surface area contributed by atoms with E-state index in [9.17, 15) is 0 Å². The molecule has 2 aromatic carbocycles. The first-order valence-corrected chi connectivity index (χ1v) is 15.8. The molecule has 0 aliphatic heterocycles. The van der Waals surface area contributed by atoms with E-state index in [-0.39, 0.29) is 6.19 Å². The van der Waals surface area contributed by atoms with Crippen molar-refractivity contribution < 1.29 is 27.6 Å². The van der Waals surface area contributed by atoms with Gasteiger partial charge in [-0.15, -0.1) is 12.8 Å². The van der Waals surface area contributed by atoms with E-state index in [1.165, 1.54) is 0 Å². The van der Waals surface area contributed by atoms with Crippen LogP contribution in [0.15, 0.2) is 97.1 Å². The zero-order valence-electron chi connectivity index (χ0n) is 19.0. The Bertz CT molecular complexity index is 776. The number of para-hydroxylation sites is 2. The average molecular weight is 467 g/mol. The van der Waals surface area contributed by atoms with Gasteiger partial charge in [0, 0.05) is 0 Å². The van der Waals surface area contributed by atoms with Crippen LogP contribution >= 0.6 is 0 Å². The number of hydrogen-bond acceptors (Lipinski definition) is 2. The molecule has 164 valence electrons. The van der Waals surface area contributed by atoms with Crippen LogP contribution in [0.5, 0.6) is 11.5 Å². The predicted octanol–water partition coefficient (Wildman–Crippen LogP) is 6.93. The molecule has 0 amide bonds. The second-order valence-corrected chi connectivity index (χ2v) is 16.5. The molecule has 0 aromatic heterocycles. The van der Waals surface area contributed by atoms with Crippen LogP contribution in [0.4, 0.5) is 0 Å². The van der Waals surface area contributed by atoms with E-state index in [0.29, 0.717) is 28.9 Å². The van der Waals surface area contributed by atoms with Gasteiger partial charge in [-0.1, -0.05) is 36.4 Å². The van der Waals surface area contributed by atoms with Crippen molar-refractivity contribution in [3.8, 4) is 11.5 Å². The molecule has 2 N–H and O–H groups in total. The van der Waals surface area contributed by atoms with Crippen molar-refractivity contribution in [1.82, 2.24) is 0 Å². The quantitative estimate of drug-likeness (QED) is 0.327. The fourth-order valence-corrected chi connectivity index (χ4v) is 7.72. The van der Waals surface area contributed by atoms with Crippen LogP contribution in [0.3, 0.4) is 0 Å². The maximum atomic E-state index is 8.63. The number of benzene rings is 2. The van der Waals surface area contributed by atoms with Gasteiger partial charge in [-0.3, -0.25) is 12.2 Å². The monoisotopic (exact) mass is 466 g/mol. The minimum Gasteiger partial charge on any atom is -0.508 e. The first-order chi connectivity index (χ1) is 14.9. The molecule has 4 rings (SSSR count). The smallest absolute Gasteiger partial charge is 0.115 e. The first-order valence-electron chi connectivity index (χ1n) is 10.2. The fraction of sp³-hybridized carbons (Fsp3) is 0.222. The van der Waals surface area contributed by atoms with Crippen molar-refractivity contribution in [3.63, 3.8) is 0 Å². The summed E-state index contributed by atoms with van der Waals surface area (Å²) in [6, 6.07) is 17.4. The van der Waals surface area contributed by atoms with Crippen LogP contribution in [0.1, 0.15) is 26.7 Å². The Morgan fingerprint density at radius 1 is 0.742 bits per heavy atom. The van der Waals surface area contributed by atoms with Crippen LogP contribution < -0.4 is 0 Å². The molecule has 4 heteroatoms. The summed E-state index contributed by atoms with van der Waals surface area (Å²) in [6.45, 7) is 9.32. The number of phenols is 2. The zero-order chi connectivity index (χ0) is 23.2. The summed E-state index contributed by atoms with van der Waals surface area (Å²) in [5, 5.41) is 17.3. The largest absolute Gasteiger partial charge is 0.508 e. The van der Waals surface area contributed by atoms with E-state index in [1.54, 1.807) is 52.3 Å². The molecule has 2 aliphatic rings. The van der Waals surface area contributed by atoms with Crippen molar-refractivity contribution in [2.45, 2.75) is 39.8 Å². The van der Waals surface area contributed by atoms with E-state index >= 15 is 0 Å². The molecule has 0 fully saturated rings. The predicted molar refractivity (Wildman–Crippen MR) is 133 cm³/mol.